The Morgan fingerprint density at radius 2 is 2.21 bits per heavy atom. The second kappa shape index (κ2) is 6.60. The second-order valence-corrected chi connectivity index (χ2v) is 3.76. The van der Waals surface area contributed by atoms with Gasteiger partial charge in [-0.15, -0.1) is 0 Å². The molecule has 1 heterocycles. The van der Waals surface area contributed by atoms with E-state index in [-0.39, 0.29) is 6.10 Å². The molecule has 0 spiro atoms. The molecular weight excluding hydrogens is 176 g/mol. The molecule has 80 valence electrons. The molecule has 0 saturated carbocycles. The minimum absolute atomic E-state index is 0.221. The molecule has 1 unspecified atom stereocenters. The summed E-state index contributed by atoms with van der Waals surface area (Å²) in [4.78, 5) is 3.94. The minimum Gasteiger partial charge on any atom is -0.391 e. The molecule has 1 atom stereocenters. The van der Waals surface area contributed by atoms with Crippen LogP contribution in [0.1, 0.15) is 39.0 Å². The van der Waals surface area contributed by atoms with Crippen molar-refractivity contribution in [3.8, 4) is 0 Å². The van der Waals surface area contributed by atoms with Gasteiger partial charge in [-0.25, -0.2) is 4.98 Å². The number of hydrogen-bond donors (Lipinski definition) is 1. The van der Waals surface area contributed by atoms with Crippen LogP contribution in [0, 0.1) is 0 Å². The fraction of sp³-hybridized carbons (Fsp3) is 0.727. The Kier molecular flexibility index (Phi) is 5.30. The van der Waals surface area contributed by atoms with Crippen molar-refractivity contribution in [1.29, 1.82) is 0 Å². The van der Waals surface area contributed by atoms with Crippen molar-refractivity contribution < 1.29 is 5.11 Å². The number of rotatable bonds is 7. The van der Waals surface area contributed by atoms with E-state index in [1.165, 1.54) is 19.3 Å². The maximum Gasteiger partial charge on any atom is 0.0946 e. The minimum atomic E-state index is -0.221. The summed E-state index contributed by atoms with van der Waals surface area (Å²) in [5.41, 5.74) is 0. The van der Waals surface area contributed by atoms with Crippen LogP contribution in [-0.2, 0) is 6.54 Å². The topological polar surface area (TPSA) is 38.0 Å². The Balaban J connectivity index is 2.07. The molecule has 0 fully saturated rings. The van der Waals surface area contributed by atoms with Crippen molar-refractivity contribution in [1.82, 2.24) is 9.55 Å². The molecule has 0 aliphatic rings. The van der Waals surface area contributed by atoms with Crippen molar-refractivity contribution in [2.45, 2.75) is 51.7 Å². The van der Waals surface area contributed by atoms with E-state index in [0.717, 1.165) is 12.8 Å². The lowest BCUT2D eigenvalue weighted by Gasteiger charge is -2.10. The fourth-order valence-electron chi connectivity index (χ4n) is 1.54. The molecule has 0 amide bonds. The fourth-order valence-corrected chi connectivity index (χ4v) is 1.54. The lowest BCUT2D eigenvalue weighted by molar-refractivity contribution is 0.141. The van der Waals surface area contributed by atoms with Crippen LogP contribution in [0.5, 0.6) is 0 Å². The third kappa shape index (κ3) is 4.42. The number of unbranched alkanes of at least 4 members (excludes halogenated alkanes) is 3. The van der Waals surface area contributed by atoms with Gasteiger partial charge in [0.2, 0.25) is 0 Å². The lowest BCUT2D eigenvalue weighted by atomic mass is 10.1. The van der Waals surface area contributed by atoms with Gasteiger partial charge in [0.25, 0.3) is 0 Å². The lowest BCUT2D eigenvalue weighted by Crippen LogP contribution is -2.14. The molecule has 0 aromatic carbocycles. The van der Waals surface area contributed by atoms with E-state index in [1.54, 1.807) is 12.5 Å². The normalized spacial score (nSPS) is 13.0. The Morgan fingerprint density at radius 1 is 1.36 bits per heavy atom. The number of imidazole rings is 1. The monoisotopic (exact) mass is 196 g/mol. The van der Waals surface area contributed by atoms with Gasteiger partial charge in [-0.2, -0.15) is 0 Å². The number of aliphatic hydroxyl groups is 1. The summed E-state index contributed by atoms with van der Waals surface area (Å²) >= 11 is 0. The maximum atomic E-state index is 9.67. The molecule has 0 bridgehead atoms. The van der Waals surface area contributed by atoms with Gasteiger partial charge >= 0.3 is 0 Å². The molecule has 1 aromatic rings. The van der Waals surface area contributed by atoms with Crippen LogP contribution in [0.3, 0.4) is 0 Å². The Morgan fingerprint density at radius 3 is 2.86 bits per heavy atom. The van der Waals surface area contributed by atoms with Gasteiger partial charge in [0.05, 0.1) is 12.4 Å². The van der Waals surface area contributed by atoms with Gasteiger partial charge in [-0.1, -0.05) is 32.6 Å². The average molecular weight is 196 g/mol. The molecule has 0 radical (unpaired) electrons. The van der Waals surface area contributed by atoms with Crippen LogP contribution in [-0.4, -0.2) is 20.8 Å². The molecule has 3 nitrogen and oxygen atoms in total. The zero-order valence-electron chi connectivity index (χ0n) is 8.89. The van der Waals surface area contributed by atoms with Crippen LogP contribution in [0.2, 0.25) is 0 Å². The first-order chi connectivity index (χ1) is 6.83. The molecule has 1 aromatic heterocycles. The second-order valence-electron chi connectivity index (χ2n) is 3.76. The number of aromatic nitrogens is 2. The summed E-state index contributed by atoms with van der Waals surface area (Å²) in [6, 6.07) is 0. The SMILES string of the molecule is CCCCCCC(O)Cn1ccnc1. The first kappa shape index (κ1) is 11.2. The van der Waals surface area contributed by atoms with Crippen molar-refractivity contribution in [2.75, 3.05) is 0 Å². The van der Waals surface area contributed by atoms with Crippen LogP contribution in [0.25, 0.3) is 0 Å². The Labute approximate surface area is 85.8 Å². The number of nitrogens with zero attached hydrogens (tertiary/aromatic N) is 2. The first-order valence-corrected chi connectivity index (χ1v) is 5.46. The van der Waals surface area contributed by atoms with Crippen LogP contribution < -0.4 is 0 Å². The molecule has 14 heavy (non-hydrogen) atoms. The van der Waals surface area contributed by atoms with Gasteiger partial charge in [0.1, 0.15) is 0 Å². The predicted molar refractivity (Wildman–Crippen MR) is 57.0 cm³/mol. The van der Waals surface area contributed by atoms with E-state index < -0.39 is 0 Å². The highest BCUT2D eigenvalue weighted by atomic mass is 16.3. The molecular formula is C11H20N2O. The van der Waals surface area contributed by atoms with E-state index in [1.807, 2.05) is 10.8 Å². The molecule has 3 heteroatoms. The highest BCUT2D eigenvalue weighted by molar-refractivity contribution is 4.75. The summed E-state index contributed by atoms with van der Waals surface area (Å²) in [5, 5.41) is 9.67. The highest BCUT2D eigenvalue weighted by Gasteiger charge is 2.03. The molecule has 0 aliphatic carbocycles. The molecule has 0 aliphatic heterocycles. The quantitative estimate of drug-likeness (QED) is 0.679. The van der Waals surface area contributed by atoms with E-state index in [4.69, 9.17) is 0 Å². The highest BCUT2D eigenvalue weighted by Crippen LogP contribution is 2.06. The van der Waals surface area contributed by atoms with Crippen molar-refractivity contribution in [3.63, 3.8) is 0 Å². The zero-order chi connectivity index (χ0) is 10.2. The molecule has 1 N–H and O–H groups in total. The summed E-state index contributed by atoms with van der Waals surface area (Å²) in [5.74, 6) is 0. The van der Waals surface area contributed by atoms with Crippen LogP contribution >= 0.6 is 0 Å². The standard InChI is InChI=1S/C11H20N2O/c1-2-3-4-5-6-11(14)9-13-8-7-12-10-13/h7-8,10-11,14H,2-6,9H2,1H3. The van der Waals surface area contributed by atoms with Gasteiger partial charge in [-0.3, -0.25) is 0 Å². The van der Waals surface area contributed by atoms with Crippen LogP contribution in [0.15, 0.2) is 18.7 Å². The number of hydrogen-bond acceptors (Lipinski definition) is 2. The predicted octanol–water partition coefficient (Wildman–Crippen LogP) is 2.21. The van der Waals surface area contributed by atoms with Gasteiger partial charge in [0.15, 0.2) is 0 Å². The molecule has 0 saturated heterocycles. The molecule has 1 rings (SSSR count). The Hall–Kier alpha value is -0.830. The smallest absolute Gasteiger partial charge is 0.0946 e. The van der Waals surface area contributed by atoms with Gasteiger partial charge in [-0.05, 0) is 6.42 Å². The number of aliphatic hydroxyl groups excluding tert-OH is 1. The van der Waals surface area contributed by atoms with E-state index in [0.29, 0.717) is 6.54 Å². The summed E-state index contributed by atoms with van der Waals surface area (Å²) in [6.07, 6.45) is 10.9. The van der Waals surface area contributed by atoms with E-state index in [9.17, 15) is 5.11 Å². The van der Waals surface area contributed by atoms with Crippen molar-refractivity contribution in [2.24, 2.45) is 0 Å². The third-order valence-electron chi connectivity index (χ3n) is 2.37. The van der Waals surface area contributed by atoms with Crippen molar-refractivity contribution >= 4 is 0 Å². The van der Waals surface area contributed by atoms with Gasteiger partial charge < -0.3 is 9.67 Å². The maximum absolute atomic E-state index is 9.67. The van der Waals surface area contributed by atoms with Gasteiger partial charge in [0, 0.05) is 18.9 Å². The first-order valence-electron chi connectivity index (χ1n) is 5.46. The van der Waals surface area contributed by atoms with E-state index >= 15 is 0 Å². The van der Waals surface area contributed by atoms with E-state index in [2.05, 4.69) is 11.9 Å². The third-order valence-corrected chi connectivity index (χ3v) is 2.37. The van der Waals surface area contributed by atoms with Crippen LogP contribution in [0.4, 0.5) is 0 Å². The summed E-state index contributed by atoms with van der Waals surface area (Å²) in [6.45, 7) is 2.87. The summed E-state index contributed by atoms with van der Waals surface area (Å²) in [7, 11) is 0. The largest absolute Gasteiger partial charge is 0.391 e. The van der Waals surface area contributed by atoms with Crippen molar-refractivity contribution in [3.05, 3.63) is 18.7 Å². The summed E-state index contributed by atoms with van der Waals surface area (Å²) < 4.78 is 1.92. The zero-order valence-corrected chi connectivity index (χ0v) is 8.89. The Bertz CT molecular complexity index is 221. The average Bonchev–Trinajstić information content (AvgIpc) is 2.65.